The zero-order valence-electron chi connectivity index (χ0n) is 29.1. The predicted octanol–water partition coefficient (Wildman–Crippen LogP) is 7.93. The molecule has 6 nitrogen and oxygen atoms in total. The molecule has 0 N–H and O–H groups in total. The molecule has 0 saturated carbocycles. The molecule has 5 rings (SSSR count). The normalized spacial score (nSPS) is 17.4. The second-order valence-electron chi connectivity index (χ2n) is 13.3. The van der Waals surface area contributed by atoms with Crippen molar-refractivity contribution in [1.82, 2.24) is 14.7 Å². The molecule has 3 aromatic carbocycles. The van der Waals surface area contributed by atoms with Crippen LogP contribution >= 0.6 is 0 Å². The smallest absolute Gasteiger partial charge is 0.416 e. The van der Waals surface area contributed by atoms with Crippen LogP contribution in [0.25, 0.3) is 6.08 Å². The molecule has 1 saturated heterocycles. The fourth-order valence-corrected chi connectivity index (χ4v) is 6.56. The third-order valence-electron chi connectivity index (χ3n) is 9.48. The van der Waals surface area contributed by atoms with Gasteiger partial charge in [-0.25, -0.2) is 0 Å². The standard InChI is InChI=1S/C41H48F3N3O3/c1-3-4-6-9-32-13-15-35(16-14-32)29-47(39(48)23-19-33-17-20-36(21-18-33)41(42,43)44)38(28-34-10-7-5-8-11-34)40(49)46-26-24-45(25-27-46)30-37-22-12-31(2)50-37/h5,7-8,10-21,23,37-38H,3-4,6,9,22,24-30H2,1-2H3/b23-19+/t37?,38-/m0/s1. The molecule has 0 bridgehead atoms. The van der Waals surface area contributed by atoms with Gasteiger partial charge in [-0.15, -0.1) is 0 Å². The number of rotatable bonds is 14. The number of nitrogens with zero attached hydrogens (tertiary/aromatic N) is 3. The lowest BCUT2D eigenvalue weighted by atomic mass is 10.0. The number of aryl methyl sites for hydroxylation is 1. The second-order valence-corrected chi connectivity index (χ2v) is 13.3. The summed E-state index contributed by atoms with van der Waals surface area (Å²) in [6.45, 7) is 7.66. The molecule has 0 aliphatic carbocycles. The topological polar surface area (TPSA) is 53.1 Å². The van der Waals surface area contributed by atoms with Crippen LogP contribution in [0.4, 0.5) is 13.2 Å². The Balaban J connectivity index is 1.38. The number of hydrogen-bond donors (Lipinski definition) is 0. The Morgan fingerprint density at radius 2 is 1.58 bits per heavy atom. The van der Waals surface area contributed by atoms with Gasteiger partial charge in [0.1, 0.15) is 12.1 Å². The Labute approximate surface area is 294 Å². The summed E-state index contributed by atoms with van der Waals surface area (Å²) in [4.78, 5) is 34.4. The highest BCUT2D eigenvalue weighted by Gasteiger charge is 2.35. The van der Waals surface area contributed by atoms with Crippen molar-refractivity contribution in [2.75, 3.05) is 32.7 Å². The van der Waals surface area contributed by atoms with E-state index in [1.54, 1.807) is 4.90 Å². The summed E-state index contributed by atoms with van der Waals surface area (Å²) in [5.41, 5.74) is 2.77. The number of halogens is 3. The highest BCUT2D eigenvalue weighted by molar-refractivity contribution is 5.95. The Hall–Kier alpha value is -4.37. The van der Waals surface area contributed by atoms with E-state index in [1.807, 2.05) is 54.3 Å². The van der Waals surface area contributed by atoms with Crippen molar-refractivity contribution < 1.29 is 27.5 Å². The lowest BCUT2D eigenvalue weighted by Crippen LogP contribution is -2.57. The first-order valence-corrected chi connectivity index (χ1v) is 17.7. The van der Waals surface area contributed by atoms with Gasteiger partial charge in [-0.05, 0) is 66.3 Å². The van der Waals surface area contributed by atoms with Crippen LogP contribution in [0, 0.1) is 0 Å². The summed E-state index contributed by atoms with van der Waals surface area (Å²) in [6.07, 6.45) is 6.29. The van der Waals surface area contributed by atoms with Crippen LogP contribution in [-0.2, 0) is 39.9 Å². The number of alkyl halides is 3. The van der Waals surface area contributed by atoms with Gasteiger partial charge in [0.15, 0.2) is 0 Å². The van der Waals surface area contributed by atoms with Crippen LogP contribution in [0.5, 0.6) is 0 Å². The molecule has 0 radical (unpaired) electrons. The third-order valence-corrected chi connectivity index (χ3v) is 9.48. The van der Waals surface area contributed by atoms with Gasteiger partial charge in [-0.2, -0.15) is 13.2 Å². The van der Waals surface area contributed by atoms with Crippen molar-refractivity contribution in [3.8, 4) is 0 Å². The van der Waals surface area contributed by atoms with Crippen LogP contribution in [0.3, 0.4) is 0 Å². The number of allylic oxidation sites excluding steroid dienone is 1. The number of piperazine rings is 1. The number of amides is 2. The quantitative estimate of drug-likeness (QED) is 0.128. The van der Waals surface area contributed by atoms with Crippen molar-refractivity contribution >= 4 is 17.9 Å². The number of benzene rings is 3. The molecule has 2 amide bonds. The van der Waals surface area contributed by atoms with Gasteiger partial charge in [0.2, 0.25) is 11.8 Å². The Morgan fingerprint density at radius 3 is 2.20 bits per heavy atom. The van der Waals surface area contributed by atoms with Gasteiger partial charge < -0.3 is 14.5 Å². The van der Waals surface area contributed by atoms with Crippen LogP contribution in [-0.4, -0.2) is 71.4 Å². The molecule has 9 heteroatoms. The van der Waals surface area contributed by atoms with Gasteiger partial charge in [0, 0.05) is 58.2 Å². The highest BCUT2D eigenvalue weighted by Crippen LogP contribution is 2.29. The van der Waals surface area contributed by atoms with E-state index in [0.717, 1.165) is 67.7 Å². The molecule has 1 unspecified atom stereocenters. The van der Waals surface area contributed by atoms with Crippen LogP contribution in [0.15, 0.2) is 96.8 Å². The molecule has 2 aliphatic heterocycles. The number of hydrogen-bond acceptors (Lipinski definition) is 4. The first kappa shape index (κ1) is 36.9. The predicted molar refractivity (Wildman–Crippen MR) is 191 cm³/mol. The van der Waals surface area contributed by atoms with Crippen molar-refractivity contribution in [2.45, 2.75) is 77.2 Å². The van der Waals surface area contributed by atoms with E-state index in [-0.39, 0.29) is 24.5 Å². The summed E-state index contributed by atoms with van der Waals surface area (Å²) in [5, 5.41) is 0. The molecule has 2 atom stereocenters. The number of carbonyl (C=O) groups excluding carboxylic acids is 2. The van der Waals surface area contributed by atoms with E-state index < -0.39 is 17.8 Å². The molecular formula is C41H48F3N3O3. The molecule has 50 heavy (non-hydrogen) atoms. The summed E-state index contributed by atoms with van der Waals surface area (Å²) >= 11 is 0. The fraction of sp³-hybridized carbons (Fsp3) is 0.415. The number of ether oxygens (including phenoxy) is 1. The Kier molecular flexibility index (Phi) is 12.9. The largest absolute Gasteiger partial charge is 0.494 e. The van der Waals surface area contributed by atoms with Crippen molar-refractivity contribution in [3.63, 3.8) is 0 Å². The molecule has 266 valence electrons. The molecule has 2 aliphatic rings. The van der Waals surface area contributed by atoms with Crippen LogP contribution < -0.4 is 0 Å². The molecule has 0 spiro atoms. The summed E-state index contributed by atoms with van der Waals surface area (Å²) in [7, 11) is 0. The van der Waals surface area contributed by atoms with Crippen LogP contribution in [0.1, 0.15) is 67.3 Å². The van der Waals surface area contributed by atoms with E-state index in [9.17, 15) is 22.8 Å². The zero-order valence-corrected chi connectivity index (χ0v) is 29.1. The van der Waals surface area contributed by atoms with Crippen LogP contribution in [0.2, 0.25) is 0 Å². The SMILES string of the molecule is CCCCCc1ccc(CN(C(=O)/C=C/c2ccc(C(F)(F)F)cc2)[C@@H](Cc2ccccc2)C(=O)N2CCN(CC3CC=C(C)O3)CC2)cc1. The third kappa shape index (κ3) is 10.6. The number of carbonyl (C=O) groups is 2. The summed E-state index contributed by atoms with van der Waals surface area (Å²) in [5.74, 6) is 0.456. The maximum Gasteiger partial charge on any atom is 0.416 e. The fourth-order valence-electron chi connectivity index (χ4n) is 6.56. The molecule has 2 heterocycles. The van der Waals surface area contributed by atoms with Gasteiger partial charge >= 0.3 is 6.18 Å². The summed E-state index contributed by atoms with van der Waals surface area (Å²) in [6, 6.07) is 21.8. The minimum absolute atomic E-state index is 0.115. The molecule has 3 aromatic rings. The first-order chi connectivity index (χ1) is 24.1. The van der Waals surface area contributed by atoms with Gasteiger partial charge in [0.25, 0.3) is 0 Å². The van der Waals surface area contributed by atoms with E-state index >= 15 is 0 Å². The molecular weight excluding hydrogens is 639 g/mol. The Bertz CT molecular complexity index is 1600. The van der Waals surface area contributed by atoms with E-state index in [0.29, 0.717) is 38.2 Å². The monoisotopic (exact) mass is 687 g/mol. The summed E-state index contributed by atoms with van der Waals surface area (Å²) < 4.78 is 45.3. The average Bonchev–Trinajstić information content (AvgIpc) is 3.53. The minimum Gasteiger partial charge on any atom is -0.494 e. The molecule has 0 aromatic heterocycles. The Morgan fingerprint density at radius 1 is 0.900 bits per heavy atom. The average molecular weight is 688 g/mol. The van der Waals surface area contributed by atoms with Gasteiger partial charge in [-0.1, -0.05) is 86.5 Å². The zero-order chi connectivity index (χ0) is 35.5. The van der Waals surface area contributed by atoms with Crippen molar-refractivity contribution in [1.29, 1.82) is 0 Å². The lowest BCUT2D eigenvalue weighted by molar-refractivity contribution is -0.145. The maximum absolute atomic E-state index is 14.5. The second kappa shape index (κ2) is 17.5. The minimum atomic E-state index is -4.45. The number of unbranched alkanes of at least 4 members (excludes halogenated alkanes) is 2. The van der Waals surface area contributed by atoms with Gasteiger partial charge in [0.05, 0.1) is 11.3 Å². The highest BCUT2D eigenvalue weighted by atomic mass is 19.4. The maximum atomic E-state index is 14.5. The van der Waals surface area contributed by atoms with Gasteiger partial charge in [-0.3, -0.25) is 14.5 Å². The van der Waals surface area contributed by atoms with E-state index in [4.69, 9.17) is 4.74 Å². The van der Waals surface area contributed by atoms with E-state index in [2.05, 4.69) is 30.0 Å². The molecule has 1 fully saturated rings. The van der Waals surface area contributed by atoms with Crippen molar-refractivity contribution in [2.24, 2.45) is 0 Å². The van der Waals surface area contributed by atoms with E-state index in [1.165, 1.54) is 29.8 Å². The first-order valence-electron chi connectivity index (χ1n) is 17.7. The van der Waals surface area contributed by atoms with Crippen molar-refractivity contribution in [3.05, 3.63) is 125 Å². The lowest BCUT2D eigenvalue weighted by Gasteiger charge is -2.39.